The molecule has 2 aromatic rings. The summed E-state index contributed by atoms with van der Waals surface area (Å²) < 4.78 is 0. The number of carbonyl (C=O) groups excluding carboxylic acids is 1. The first-order valence-corrected chi connectivity index (χ1v) is 8.05. The van der Waals surface area contributed by atoms with Gasteiger partial charge in [-0.25, -0.2) is 4.98 Å². The average molecular weight is 324 g/mol. The molecule has 0 aliphatic rings. The number of hydrogen-bond acceptors (Lipinski definition) is 4. The van der Waals surface area contributed by atoms with E-state index in [0.717, 1.165) is 29.2 Å². The third kappa shape index (κ3) is 3.74. The van der Waals surface area contributed by atoms with E-state index in [4.69, 9.17) is 11.6 Å². The Morgan fingerprint density at radius 2 is 2.14 bits per heavy atom. The van der Waals surface area contributed by atoms with Crippen molar-refractivity contribution in [2.75, 3.05) is 17.2 Å². The molecule has 4 nitrogen and oxygen atoms in total. The summed E-state index contributed by atoms with van der Waals surface area (Å²) in [6, 6.07) is 5.24. The van der Waals surface area contributed by atoms with E-state index in [-0.39, 0.29) is 5.91 Å². The minimum absolute atomic E-state index is 0.204. The molecule has 0 fully saturated rings. The summed E-state index contributed by atoms with van der Waals surface area (Å²) in [7, 11) is 0. The Balaban J connectivity index is 2.24. The van der Waals surface area contributed by atoms with Crippen LogP contribution in [-0.2, 0) is 6.42 Å². The van der Waals surface area contributed by atoms with Crippen molar-refractivity contribution in [2.45, 2.75) is 27.2 Å². The highest BCUT2D eigenvalue weighted by atomic mass is 35.5. The molecule has 0 aliphatic carbocycles. The van der Waals surface area contributed by atoms with Gasteiger partial charge in [0.1, 0.15) is 0 Å². The lowest BCUT2D eigenvalue weighted by Gasteiger charge is -2.10. The second-order valence-electron chi connectivity index (χ2n) is 4.55. The average Bonchev–Trinajstić information content (AvgIpc) is 2.80. The Hall–Kier alpha value is -1.59. The van der Waals surface area contributed by atoms with Crippen molar-refractivity contribution in [1.29, 1.82) is 0 Å². The molecule has 0 bridgehead atoms. The molecule has 0 saturated heterocycles. The van der Waals surface area contributed by atoms with Gasteiger partial charge in [0.2, 0.25) is 0 Å². The number of hydrogen-bond donors (Lipinski definition) is 2. The van der Waals surface area contributed by atoms with E-state index < -0.39 is 0 Å². The molecule has 0 radical (unpaired) electrons. The molecule has 1 heterocycles. The van der Waals surface area contributed by atoms with Crippen LogP contribution in [0.3, 0.4) is 0 Å². The third-order valence-electron chi connectivity index (χ3n) is 3.04. The summed E-state index contributed by atoms with van der Waals surface area (Å²) in [5.74, 6) is -0.204. The number of rotatable bonds is 5. The molecule has 0 aliphatic heterocycles. The van der Waals surface area contributed by atoms with Gasteiger partial charge in [-0.1, -0.05) is 18.5 Å². The van der Waals surface area contributed by atoms with E-state index in [1.807, 2.05) is 26.8 Å². The third-order valence-corrected chi connectivity index (χ3v) is 4.21. The van der Waals surface area contributed by atoms with Gasteiger partial charge in [-0.2, -0.15) is 0 Å². The normalized spacial score (nSPS) is 10.5. The zero-order valence-electron chi connectivity index (χ0n) is 12.3. The van der Waals surface area contributed by atoms with Gasteiger partial charge in [0, 0.05) is 22.1 Å². The molecule has 0 unspecified atom stereocenters. The van der Waals surface area contributed by atoms with E-state index in [0.29, 0.717) is 15.7 Å². The Bertz CT molecular complexity index is 654. The zero-order valence-corrected chi connectivity index (χ0v) is 13.9. The highest BCUT2D eigenvalue weighted by molar-refractivity contribution is 7.15. The van der Waals surface area contributed by atoms with Crippen molar-refractivity contribution in [3.63, 3.8) is 0 Å². The van der Waals surface area contributed by atoms with E-state index in [2.05, 4.69) is 15.6 Å². The monoisotopic (exact) mass is 323 g/mol. The van der Waals surface area contributed by atoms with Crippen LogP contribution < -0.4 is 10.6 Å². The maximum absolute atomic E-state index is 12.4. The standard InChI is InChI=1S/C15H18ClN3OS/c1-4-12-9(3)21-15(18-12)19-14(20)11-8-10(16)6-7-13(11)17-5-2/h6-8,17H,4-5H2,1-3H3,(H,18,19,20). The summed E-state index contributed by atoms with van der Waals surface area (Å²) in [5.41, 5.74) is 2.31. The van der Waals surface area contributed by atoms with Crippen molar-refractivity contribution < 1.29 is 4.79 Å². The fourth-order valence-corrected chi connectivity index (χ4v) is 3.09. The second kappa shape index (κ2) is 6.91. The summed E-state index contributed by atoms with van der Waals surface area (Å²) in [6.07, 6.45) is 0.859. The number of amides is 1. The highest BCUT2D eigenvalue weighted by Crippen LogP contribution is 2.25. The predicted molar refractivity (Wildman–Crippen MR) is 89.8 cm³/mol. The predicted octanol–water partition coefficient (Wildman–Crippen LogP) is 4.35. The first-order valence-electron chi connectivity index (χ1n) is 6.86. The largest absolute Gasteiger partial charge is 0.385 e. The number of nitrogens with one attached hydrogen (secondary N) is 2. The van der Waals surface area contributed by atoms with Crippen molar-refractivity contribution in [2.24, 2.45) is 0 Å². The van der Waals surface area contributed by atoms with Gasteiger partial charge in [0.25, 0.3) is 5.91 Å². The van der Waals surface area contributed by atoms with Gasteiger partial charge < -0.3 is 5.32 Å². The summed E-state index contributed by atoms with van der Waals surface area (Å²) in [4.78, 5) is 18.0. The minimum atomic E-state index is -0.204. The number of nitrogens with zero attached hydrogens (tertiary/aromatic N) is 1. The zero-order chi connectivity index (χ0) is 15.4. The van der Waals surface area contributed by atoms with Crippen LogP contribution in [0.5, 0.6) is 0 Å². The van der Waals surface area contributed by atoms with Gasteiger partial charge in [0.05, 0.1) is 11.3 Å². The van der Waals surface area contributed by atoms with Crippen LogP contribution in [-0.4, -0.2) is 17.4 Å². The summed E-state index contributed by atoms with van der Waals surface area (Å²) in [5, 5.41) is 7.17. The molecular weight excluding hydrogens is 306 g/mol. The Morgan fingerprint density at radius 1 is 1.38 bits per heavy atom. The Labute approximate surface area is 133 Å². The molecule has 1 aromatic carbocycles. The molecule has 0 saturated carbocycles. The first kappa shape index (κ1) is 15.8. The molecule has 21 heavy (non-hydrogen) atoms. The second-order valence-corrected chi connectivity index (χ2v) is 6.19. The Kier molecular flexibility index (Phi) is 5.20. The fourth-order valence-electron chi connectivity index (χ4n) is 2.02. The molecule has 0 spiro atoms. The van der Waals surface area contributed by atoms with Crippen LogP contribution in [0.2, 0.25) is 5.02 Å². The lowest BCUT2D eigenvalue weighted by Crippen LogP contribution is -2.14. The van der Waals surface area contributed by atoms with Gasteiger partial charge >= 0.3 is 0 Å². The molecular formula is C15H18ClN3OS. The van der Waals surface area contributed by atoms with Gasteiger partial charge in [-0.05, 0) is 38.5 Å². The summed E-state index contributed by atoms with van der Waals surface area (Å²) in [6.45, 7) is 6.77. The number of aryl methyl sites for hydroxylation is 2. The van der Waals surface area contributed by atoms with Crippen LogP contribution >= 0.6 is 22.9 Å². The lowest BCUT2D eigenvalue weighted by molar-refractivity contribution is 0.102. The van der Waals surface area contributed by atoms with E-state index in [1.165, 1.54) is 11.3 Å². The quantitative estimate of drug-likeness (QED) is 0.860. The number of anilines is 2. The number of halogens is 1. The first-order chi connectivity index (χ1) is 10.0. The van der Waals surface area contributed by atoms with Gasteiger partial charge in [-0.15, -0.1) is 11.3 Å². The van der Waals surface area contributed by atoms with Crippen molar-refractivity contribution >= 4 is 39.7 Å². The molecule has 6 heteroatoms. The van der Waals surface area contributed by atoms with E-state index in [1.54, 1.807) is 12.1 Å². The minimum Gasteiger partial charge on any atom is -0.385 e. The number of benzene rings is 1. The van der Waals surface area contributed by atoms with E-state index >= 15 is 0 Å². The topological polar surface area (TPSA) is 54.0 Å². The molecule has 0 atom stereocenters. The SMILES string of the molecule is CCNc1ccc(Cl)cc1C(=O)Nc1nc(CC)c(C)s1. The van der Waals surface area contributed by atoms with Crippen LogP contribution in [0.15, 0.2) is 18.2 Å². The number of carbonyl (C=O) groups is 1. The van der Waals surface area contributed by atoms with Gasteiger partial charge in [-0.3, -0.25) is 10.1 Å². The van der Waals surface area contributed by atoms with Crippen LogP contribution in [0.1, 0.15) is 34.8 Å². The van der Waals surface area contributed by atoms with Crippen molar-refractivity contribution in [3.8, 4) is 0 Å². The molecule has 2 rings (SSSR count). The maximum atomic E-state index is 12.4. The lowest BCUT2D eigenvalue weighted by atomic mass is 10.1. The molecule has 112 valence electrons. The summed E-state index contributed by atoms with van der Waals surface area (Å²) >= 11 is 7.48. The van der Waals surface area contributed by atoms with E-state index in [9.17, 15) is 4.79 Å². The van der Waals surface area contributed by atoms with Crippen molar-refractivity contribution in [1.82, 2.24) is 4.98 Å². The van der Waals surface area contributed by atoms with Crippen LogP contribution in [0.25, 0.3) is 0 Å². The molecule has 1 amide bonds. The van der Waals surface area contributed by atoms with Crippen molar-refractivity contribution in [3.05, 3.63) is 39.4 Å². The Morgan fingerprint density at radius 3 is 2.76 bits per heavy atom. The number of aromatic nitrogens is 1. The number of thiazole rings is 1. The fraction of sp³-hybridized carbons (Fsp3) is 0.333. The van der Waals surface area contributed by atoms with Crippen LogP contribution in [0.4, 0.5) is 10.8 Å². The van der Waals surface area contributed by atoms with Gasteiger partial charge in [0.15, 0.2) is 5.13 Å². The smallest absolute Gasteiger partial charge is 0.259 e. The molecule has 1 aromatic heterocycles. The van der Waals surface area contributed by atoms with Crippen LogP contribution in [0, 0.1) is 6.92 Å². The maximum Gasteiger partial charge on any atom is 0.259 e. The highest BCUT2D eigenvalue weighted by Gasteiger charge is 2.15. The molecule has 2 N–H and O–H groups in total.